The molecule has 2 aromatic carbocycles. The van der Waals surface area contributed by atoms with E-state index in [1.54, 1.807) is 13.0 Å². The van der Waals surface area contributed by atoms with Crippen LogP contribution >= 0.6 is 0 Å². The summed E-state index contributed by atoms with van der Waals surface area (Å²) in [5, 5.41) is 1.90. The topological polar surface area (TPSA) is 55.8 Å². The van der Waals surface area contributed by atoms with Crippen LogP contribution in [0.5, 0.6) is 5.75 Å². The fourth-order valence-electron chi connectivity index (χ4n) is 3.89. The second-order valence-electron chi connectivity index (χ2n) is 7.32. The number of likely N-dealkylation sites (tertiary alicyclic amines) is 1. The molecule has 0 bridgehead atoms. The van der Waals surface area contributed by atoms with Gasteiger partial charge in [-0.05, 0) is 62.9 Å². The van der Waals surface area contributed by atoms with E-state index in [4.69, 9.17) is 9.47 Å². The molecule has 0 aromatic heterocycles. The van der Waals surface area contributed by atoms with Gasteiger partial charge in [-0.1, -0.05) is 24.3 Å². The minimum Gasteiger partial charge on any atom is -0.496 e. The van der Waals surface area contributed by atoms with E-state index in [1.165, 1.54) is 7.11 Å². The van der Waals surface area contributed by atoms with E-state index in [0.717, 1.165) is 30.0 Å². The molecule has 0 unspecified atom stereocenters. The monoisotopic (exact) mass is 369 g/mol. The highest BCUT2D eigenvalue weighted by atomic mass is 16.5. The van der Waals surface area contributed by atoms with Crippen LogP contribution in [0.3, 0.4) is 0 Å². The van der Waals surface area contributed by atoms with Gasteiger partial charge in [0.2, 0.25) is 0 Å². The Hall–Kier alpha value is -2.56. The molecule has 0 aliphatic carbocycles. The van der Waals surface area contributed by atoms with Gasteiger partial charge in [0.1, 0.15) is 11.3 Å². The minimum absolute atomic E-state index is 0.136. The first-order valence-electron chi connectivity index (χ1n) is 9.52. The Morgan fingerprint density at radius 2 is 1.67 bits per heavy atom. The normalized spacial score (nSPS) is 21.0. The van der Waals surface area contributed by atoms with Gasteiger partial charge >= 0.3 is 5.97 Å². The molecule has 0 saturated carbocycles. The lowest BCUT2D eigenvalue weighted by Gasteiger charge is -2.40. The standard InChI is InChI=1S/C22H27NO4/c1-14-8-7-9-15(2)23(14)21(24)16(3)27-22(25)19-12-17-10-5-6-11-18(17)13-20(19)26-4/h5-6,10-16H,7-9H2,1-4H3/t14-,15-,16-/m1/s1. The lowest BCUT2D eigenvalue weighted by Crippen LogP contribution is -2.51. The number of amides is 1. The summed E-state index contributed by atoms with van der Waals surface area (Å²) >= 11 is 0. The van der Waals surface area contributed by atoms with Crippen LogP contribution in [0.25, 0.3) is 10.8 Å². The third kappa shape index (κ3) is 3.92. The van der Waals surface area contributed by atoms with Gasteiger partial charge in [-0.3, -0.25) is 4.79 Å². The molecule has 3 atom stereocenters. The Balaban J connectivity index is 1.80. The summed E-state index contributed by atoms with van der Waals surface area (Å²) in [7, 11) is 1.52. The summed E-state index contributed by atoms with van der Waals surface area (Å²) in [5.41, 5.74) is 0.329. The Labute approximate surface area is 160 Å². The Morgan fingerprint density at radius 3 is 2.26 bits per heavy atom. The maximum absolute atomic E-state index is 12.9. The summed E-state index contributed by atoms with van der Waals surface area (Å²) in [5.74, 6) is -0.239. The molecule has 1 aliphatic heterocycles. The average molecular weight is 369 g/mol. The maximum Gasteiger partial charge on any atom is 0.342 e. The number of piperidine rings is 1. The van der Waals surface area contributed by atoms with Gasteiger partial charge in [-0.25, -0.2) is 4.79 Å². The lowest BCUT2D eigenvalue weighted by atomic mass is 9.97. The van der Waals surface area contributed by atoms with Crippen molar-refractivity contribution >= 4 is 22.6 Å². The zero-order valence-corrected chi connectivity index (χ0v) is 16.4. The molecule has 5 heteroatoms. The quantitative estimate of drug-likeness (QED) is 0.759. The van der Waals surface area contributed by atoms with Gasteiger partial charge in [0.25, 0.3) is 5.91 Å². The van der Waals surface area contributed by atoms with Gasteiger partial charge in [0, 0.05) is 12.1 Å². The molecule has 0 spiro atoms. The molecule has 144 valence electrons. The van der Waals surface area contributed by atoms with Crippen molar-refractivity contribution < 1.29 is 19.1 Å². The van der Waals surface area contributed by atoms with E-state index in [0.29, 0.717) is 11.3 Å². The number of methoxy groups -OCH3 is 1. The van der Waals surface area contributed by atoms with E-state index in [9.17, 15) is 9.59 Å². The number of carbonyl (C=O) groups is 2. The van der Waals surface area contributed by atoms with E-state index in [-0.39, 0.29) is 18.0 Å². The number of esters is 1. The summed E-state index contributed by atoms with van der Waals surface area (Å²) in [4.78, 5) is 27.5. The van der Waals surface area contributed by atoms with Crippen LogP contribution in [-0.4, -0.2) is 42.1 Å². The van der Waals surface area contributed by atoms with Crippen molar-refractivity contribution in [2.45, 2.75) is 58.2 Å². The van der Waals surface area contributed by atoms with Crippen LogP contribution in [0.15, 0.2) is 36.4 Å². The molecule has 1 amide bonds. The predicted molar refractivity (Wildman–Crippen MR) is 105 cm³/mol. The first-order chi connectivity index (χ1) is 12.9. The van der Waals surface area contributed by atoms with Crippen LogP contribution < -0.4 is 4.74 Å². The van der Waals surface area contributed by atoms with Crippen molar-refractivity contribution in [2.24, 2.45) is 0 Å². The number of rotatable bonds is 4. The third-order valence-corrected chi connectivity index (χ3v) is 5.37. The van der Waals surface area contributed by atoms with Gasteiger partial charge in [-0.15, -0.1) is 0 Å². The summed E-state index contributed by atoms with van der Waals surface area (Å²) in [6, 6.07) is 11.6. The van der Waals surface area contributed by atoms with Crippen LogP contribution in [-0.2, 0) is 9.53 Å². The van der Waals surface area contributed by atoms with Crippen molar-refractivity contribution in [3.63, 3.8) is 0 Å². The molecule has 1 heterocycles. The second kappa shape index (κ2) is 7.99. The van der Waals surface area contributed by atoms with Crippen molar-refractivity contribution in [2.75, 3.05) is 7.11 Å². The molecule has 0 radical (unpaired) electrons. The molecule has 27 heavy (non-hydrogen) atoms. The molecule has 1 saturated heterocycles. The fraction of sp³-hybridized carbons (Fsp3) is 0.455. The summed E-state index contributed by atoms with van der Waals surface area (Å²) < 4.78 is 10.9. The molecular weight excluding hydrogens is 342 g/mol. The lowest BCUT2D eigenvalue weighted by molar-refractivity contribution is -0.146. The molecule has 5 nitrogen and oxygen atoms in total. The van der Waals surface area contributed by atoms with Crippen LogP contribution in [0.4, 0.5) is 0 Å². The number of ether oxygens (including phenoxy) is 2. The zero-order valence-electron chi connectivity index (χ0n) is 16.4. The number of hydrogen-bond acceptors (Lipinski definition) is 4. The zero-order chi connectivity index (χ0) is 19.6. The Kier molecular flexibility index (Phi) is 5.68. The third-order valence-electron chi connectivity index (χ3n) is 5.37. The van der Waals surface area contributed by atoms with E-state index >= 15 is 0 Å². The van der Waals surface area contributed by atoms with Crippen LogP contribution in [0.2, 0.25) is 0 Å². The van der Waals surface area contributed by atoms with E-state index in [1.807, 2.05) is 35.2 Å². The molecular formula is C22H27NO4. The highest BCUT2D eigenvalue weighted by Gasteiger charge is 2.33. The number of hydrogen-bond donors (Lipinski definition) is 0. The highest BCUT2D eigenvalue weighted by Crippen LogP contribution is 2.28. The van der Waals surface area contributed by atoms with Gasteiger partial charge in [0.15, 0.2) is 6.10 Å². The number of nitrogens with zero attached hydrogens (tertiary/aromatic N) is 1. The largest absolute Gasteiger partial charge is 0.496 e. The highest BCUT2D eigenvalue weighted by molar-refractivity contribution is 5.99. The Morgan fingerprint density at radius 1 is 1.07 bits per heavy atom. The van der Waals surface area contributed by atoms with Gasteiger partial charge < -0.3 is 14.4 Å². The second-order valence-corrected chi connectivity index (χ2v) is 7.32. The first kappa shape index (κ1) is 19.2. The van der Waals surface area contributed by atoms with Gasteiger partial charge in [-0.2, -0.15) is 0 Å². The van der Waals surface area contributed by atoms with Crippen LogP contribution in [0, 0.1) is 0 Å². The van der Waals surface area contributed by atoms with Crippen molar-refractivity contribution in [1.82, 2.24) is 4.90 Å². The fourth-order valence-corrected chi connectivity index (χ4v) is 3.89. The van der Waals surface area contributed by atoms with Crippen molar-refractivity contribution in [3.05, 3.63) is 42.0 Å². The molecule has 2 aromatic rings. The SMILES string of the molecule is COc1cc2ccccc2cc1C(=O)O[C@H](C)C(=O)N1[C@H](C)CCC[C@H]1C. The average Bonchev–Trinajstić information content (AvgIpc) is 2.66. The summed E-state index contributed by atoms with van der Waals surface area (Å²) in [6.07, 6.45) is 2.25. The van der Waals surface area contributed by atoms with E-state index in [2.05, 4.69) is 13.8 Å². The van der Waals surface area contributed by atoms with Crippen LogP contribution in [0.1, 0.15) is 50.4 Å². The number of benzene rings is 2. The smallest absolute Gasteiger partial charge is 0.342 e. The number of carbonyl (C=O) groups excluding carboxylic acids is 2. The first-order valence-corrected chi connectivity index (χ1v) is 9.52. The maximum atomic E-state index is 12.9. The Bertz CT molecular complexity index is 837. The summed E-state index contributed by atoms with van der Waals surface area (Å²) in [6.45, 7) is 5.74. The molecule has 1 aliphatic rings. The van der Waals surface area contributed by atoms with Gasteiger partial charge in [0.05, 0.1) is 7.11 Å². The molecule has 1 fully saturated rings. The van der Waals surface area contributed by atoms with E-state index < -0.39 is 12.1 Å². The molecule has 0 N–H and O–H groups in total. The molecule has 3 rings (SSSR count). The van der Waals surface area contributed by atoms with Crippen molar-refractivity contribution in [3.8, 4) is 5.75 Å². The van der Waals surface area contributed by atoms with Crippen molar-refractivity contribution in [1.29, 1.82) is 0 Å². The minimum atomic E-state index is -0.836. The number of fused-ring (bicyclic) bond motifs is 1. The predicted octanol–water partition coefficient (Wildman–Crippen LogP) is 4.18.